The molecule has 92 valence electrons. The normalized spacial score (nSPS) is 10.7. The van der Waals surface area contributed by atoms with E-state index in [9.17, 15) is 0 Å². The van der Waals surface area contributed by atoms with Crippen LogP contribution < -0.4 is 11.2 Å². The summed E-state index contributed by atoms with van der Waals surface area (Å²) in [6, 6.07) is 11.4. The summed E-state index contributed by atoms with van der Waals surface area (Å²) in [6.45, 7) is 0. The van der Waals surface area contributed by atoms with E-state index < -0.39 is 0 Å². The molecule has 1 heterocycles. The molecular formula is C12H10ClN3OS. The first-order valence-corrected chi connectivity index (χ1v) is 5.88. The molecule has 0 atom stereocenters. The van der Waals surface area contributed by atoms with E-state index in [-0.39, 0.29) is 10.3 Å². The molecule has 2 aromatic rings. The minimum absolute atomic E-state index is 0.0918. The number of furan rings is 1. The fraction of sp³-hybridized carbons (Fsp3) is 0. The van der Waals surface area contributed by atoms with Gasteiger partial charge in [0, 0.05) is 5.56 Å². The average molecular weight is 280 g/mol. The Balaban J connectivity index is 2.22. The number of hydrogen-bond acceptors (Lipinski definition) is 3. The van der Waals surface area contributed by atoms with Crippen LogP contribution in [-0.4, -0.2) is 11.3 Å². The van der Waals surface area contributed by atoms with Crippen LogP contribution in [0.5, 0.6) is 0 Å². The second-order valence-corrected chi connectivity index (χ2v) is 4.22. The van der Waals surface area contributed by atoms with E-state index in [2.05, 4.69) is 22.7 Å². The van der Waals surface area contributed by atoms with Gasteiger partial charge in [-0.1, -0.05) is 30.3 Å². The van der Waals surface area contributed by atoms with Gasteiger partial charge >= 0.3 is 0 Å². The van der Waals surface area contributed by atoms with Crippen LogP contribution in [0.15, 0.2) is 45.9 Å². The molecule has 0 fully saturated rings. The molecule has 0 amide bonds. The summed E-state index contributed by atoms with van der Waals surface area (Å²) in [5.74, 6) is 0.678. The number of halogens is 1. The number of thiocarbonyl (C=S) groups is 1. The lowest BCUT2D eigenvalue weighted by molar-refractivity contribution is 0.584. The number of rotatable bonds is 3. The van der Waals surface area contributed by atoms with Crippen molar-refractivity contribution in [2.45, 2.75) is 0 Å². The summed E-state index contributed by atoms with van der Waals surface area (Å²) in [7, 11) is 0. The summed E-state index contributed by atoms with van der Waals surface area (Å²) in [5, 5.41) is 4.18. The zero-order valence-corrected chi connectivity index (χ0v) is 10.8. The highest BCUT2D eigenvalue weighted by Crippen LogP contribution is 2.27. The Kier molecular flexibility index (Phi) is 3.96. The monoisotopic (exact) mass is 279 g/mol. The van der Waals surface area contributed by atoms with Gasteiger partial charge in [-0.3, -0.25) is 5.43 Å². The molecule has 0 unspecified atom stereocenters. The van der Waals surface area contributed by atoms with Gasteiger partial charge in [-0.05, 0) is 29.9 Å². The first-order chi connectivity index (χ1) is 8.66. The lowest BCUT2D eigenvalue weighted by Crippen LogP contribution is -2.23. The van der Waals surface area contributed by atoms with Crippen LogP contribution in [-0.2, 0) is 0 Å². The molecule has 0 saturated heterocycles. The van der Waals surface area contributed by atoms with E-state index in [0.717, 1.165) is 5.56 Å². The van der Waals surface area contributed by atoms with E-state index in [0.29, 0.717) is 11.3 Å². The quantitative estimate of drug-likeness (QED) is 0.515. The number of hydrazone groups is 1. The van der Waals surface area contributed by atoms with Crippen LogP contribution in [0.25, 0.3) is 11.3 Å². The molecule has 1 aromatic heterocycles. The van der Waals surface area contributed by atoms with Crippen LogP contribution in [0, 0.1) is 0 Å². The van der Waals surface area contributed by atoms with E-state index in [1.165, 1.54) is 6.21 Å². The molecule has 0 radical (unpaired) electrons. The highest BCUT2D eigenvalue weighted by Gasteiger charge is 2.08. The molecule has 1 aromatic carbocycles. The van der Waals surface area contributed by atoms with E-state index in [1.807, 2.05) is 30.3 Å². The average Bonchev–Trinajstić information content (AvgIpc) is 2.72. The van der Waals surface area contributed by atoms with E-state index in [1.54, 1.807) is 6.07 Å². The number of benzene rings is 1. The molecular weight excluding hydrogens is 270 g/mol. The Morgan fingerprint density at radius 2 is 2.11 bits per heavy atom. The van der Waals surface area contributed by atoms with Gasteiger partial charge in [0.25, 0.3) is 0 Å². The SMILES string of the molecule is NC(=S)NN=Cc1cc(-c2ccccc2)oc1Cl. The molecule has 18 heavy (non-hydrogen) atoms. The van der Waals surface area contributed by atoms with Crippen LogP contribution in [0.4, 0.5) is 0 Å². The first-order valence-electron chi connectivity index (χ1n) is 5.10. The van der Waals surface area contributed by atoms with Crippen LogP contribution >= 0.6 is 23.8 Å². The number of hydrogen-bond donors (Lipinski definition) is 2. The van der Waals surface area contributed by atoms with Gasteiger partial charge in [-0.2, -0.15) is 5.10 Å². The fourth-order valence-corrected chi connectivity index (χ4v) is 1.62. The Hall–Kier alpha value is -1.85. The second-order valence-electron chi connectivity index (χ2n) is 3.44. The Morgan fingerprint density at radius 1 is 1.39 bits per heavy atom. The smallest absolute Gasteiger partial charge is 0.202 e. The van der Waals surface area contributed by atoms with Crippen molar-refractivity contribution >= 4 is 35.1 Å². The third kappa shape index (κ3) is 3.09. The van der Waals surface area contributed by atoms with Gasteiger partial charge in [0.1, 0.15) is 5.76 Å². The molecule has 0 saturated carbocycles. The molecule has 0 aliphatic rings. The maximum Gasteiger partial charge on any atom is 0.202 e. The summed E-state index contributed by atoms with van der Waals surface area (Å²) in [5.41, 5.74) is 9.29. The molecule has 6 heteroatoms. The molecule has 0 aliphatic carbocycles. The Morgan fingerprint density at radius 3 is 2.78 bits per heavy atom. The minimum Gasteiger partial charge on any atom is -0.444 e. The lowest BCUT2D eigenvalue weighted by atomic mass is 10.1. The second kappa shape index (κ2) is 5.66. The minimum atomic E-state index is 0.0918. The van der Waals surface area contributed by atoms with Crippen molar-refractivity contribution in [2.75, 3.05) is 0 Å². The Bertz CT molecular complexity index is 580. The Labute approximate surface area is 114 Å². The lowest BCUT2D eigenvalue weighted by Gasteiger charge is -1.93. The zero-order chi connectivity index (χ0) is 13.0. The van der Waals surface area contributed by atoms with Gasteiger partial charge in [-0.25, -0.2) is 0 Å². The van der Waals surface area contributed by atoms with Crippen LogP contribution in [0.2, 0.25) is 5.22 Å². The maximum absolute atomic E-state index is 5.96. The summed E-state index contributed by atoms with van der Waals surface area (Å²) in [6.07, 6.45) is 1.50. The van der Waals surface area contributed by atoms with Crippen molar-refractivity contribution in [3.63, 3.8) is 0 Å². The summed E-state index contributed by atoms with van der Waals surface area (Å²) >= 11 is 10.6. The highest BCUT2D eigenvalue weighted by molar-refractivity contribution is 7.80. The highest BCUT2D eigenvalue weighted by atomic mass is 35.5. The van der Waals surface area contributed by atoms with Crippen molar-refractivity contribution in [2.24, 2.45) is 10.8 Å². The predicted molar refractivity (Wildman–Crippen MR) is 76.7 cm³/mol. The van der Waals surface area contributed by atoms with Crippen molar-refractivity contribution < 1.29 is 4.42 Å². The number of nitrogens with one attached hydrogen (secondary N) is 1. The van der Waals surface area contributed by atoms with Crippen molar-refractivity contribution in [3.05, 3.63) is 47.2 Å². The van der Waals surface area contributed by atoms with Crippen molar-refractivity contribution in [3.8, 4) is 11.3 Å². The van der Waals surface area contributed by atoms with Crippen molar-refractivity contribution in [1.82, 2.24) is 5.43 Å². The predicted octanol–water partition coefficient (Wildman–Crippen LogP) is 2.77. The largest absolute Gasteiger partial charge is 0.444 e. The third-order valence-corrected chi connectivity index (χ3v) is 2.54. The zero-order valence-electron chi connectivity index (χ0n) is 9.26. The van der Waals surface area contributed by atoms with Gasteiger partial charge in [0.05, 0.1) is 11.8 Å². The summed E-state index contributed by atoms with van der Waals surface area (Å²) < 4.78 is 5.44. The molecule has 0 bridgehead atoms. The van der Waals surface area contributed by atoms with Gasteiger partial charge in [-0.15, -0.1) is 0 Å². The number of nitrogens with two attached hydrogens (primary N) is 1. The molecule has 4 nitrogen and oxygen atoms in total. The molecule has 3 N–H and O–H groups in total. The standard InChI is InChI=1S/C12H10ClN3OS/c13-11-9(7-15-16-12(14)18)6-10(17-11)8-4-2-1-3-5-8/h1-7H,(H3,14,16,18). The van der Waals surface area contributed by atoms with Crippen LogP contribution in [0.1, 0.15) is 5.56 Å². The van der Waals surface area contributed by atoms with E-state index >= 15 is 0 Å². The first kappa shape index (κ1) is 12.6. The summed E-state index contributed by atoms with van der Waals surface area (Å²) in [4.78, 5) is 0. The fourth-order valence-electron chi connectivity index (χ4n) is 1.38. The third-order valence-electron chi connectivity index (χ3n) is 2.15. The van der Waals surface area contributed by atoms with Gasteiger partial charge in [0.15, 0.2) is 5.11 Å². The number of nitrogens with zero attached hydrogens (tertiary/aromatic N) is 1. The molecule has 2 rings (SSSR count). The van der Waals surface area contributed by atoms with Crippen LogP contribution in [0.3, 0.4) is 0 Å². The van der Waals surface area contributed by atoms with Crippen molar-refractivity contribution in [1.29, 1.82) is 0 Å². The van der Waals surface area contributed by atoms with Gasteiger partial charge < -0.3 is 10.2 Å². The maximum atomic E-state index is 5.96. The van der Waals surface area contributed by atoms with E-state index in [4.69, 9.17) is 21.8 Å². The molecule has 0 spiro atoms. The van der Waals surface area contributed by atoms with Gasteiger partial charge in [0.2, 0.25) is 5.22 Å². The topological polar surface area (TPSA) is 63.5 Å². The molecule has 0 aliphatic heterocycles.